The summed E-state index contributed by atoms with van der Waals surface area (Å²) in [4.78, 5) is 8.68. The molecule has 0 saturated carbocycles. The van der Waals surface area contributed by atoms with Crippen molar-refractivity contribution in [2.45, 2.75) is 38.1 Å². The number of anilines is 2. The Labute approximate surface area is 162 Å². The number of rotatable bonds is 5. The lowest BCUT2D eigenvalue weighted by molar-refractivity contribution is -0.137. The van der Waals surface area contributed by atoms with Gasteiger partial charge in [-0.3, -0.25) is 0 Å². The van der Waals surface area contributed by atoms with E-state index in [4.69, 9.17) is 10.5 Å². The number of piperidine rings is 1. The van der Waals surface area contributed by atoms with Crippen molar-refractivity contribution in [1.82, 2.24) is 9.97 Å². The van der Waals surface area contributed by atoms with Crippen molar-refractivity contribution in [2.75, 3.05) is 37.0 Å². The summed E-state index contributed by atoms with van der Waals surface area (Å²) in [6, 6.07) is -0.142. The number of nitrogens with one attached hydrogen (secondary N) is 2. The number of nitrogens with zero attached hydrogens (tertiary/aromatic N) is 2. The van der Waals surface area contributed by atoms with Crippen molar-refractivity contribution in [3.8, 4) is 0 Å². The van der Waals surface area contributed by atoms with Gasteiger partial charge in [-0.15, -0.1) is 12.4 Å². The molecule has 2 aromatic rings. The highest BCUT2D eigenvalue weighted by molar-refractivity contribution is 6.02. The van der Waals surface area contributed by atoms with Crippen molar-refractivity contribution in [3.63, 3.8) is 0 Å². The highest BCUT2D eigenvalue weighted by Crippen LogP contribution is 2.43. The third-order valence-electron chi connectivity index (χ3n) is 4.74. The normalized spacial score (nSPS) is 19.0. The molecule has 1 aliphatic rings. The van der Waals surface area contributed by atoms with Crippen LogP contribution in [0.15, 0.2) is 12.4 Å². The highest BCUT2D eigenvalue weighted by Gasteiger charge is 2.38. The number of hydrogen-bond acceptors (Lipinski definition) is 5. The second-order valence-electron chi connectivity index (χ2n) is 6.72. The first-order valence-corrected chi connectivity index (χ1v) is 8.65. The van der Waals surface area contributed by atoms with E-state index in [-0.39, 0.29) is 30.2 Å². The number of aromatic amines is 1. The van der Waals surface area contributed by atoms with Crippen LogP contribution in [0.5, 0.6) is 0 Å². The molecule has 3 heterocycles. The van der Waals surface area contributed by atoms with Crippen molar-refractivity contribution in [2.24, 2.45) is 5.73 Å². The third-order valence-corrected chi connectivity index (χ3v) is 4.74. The molecule has 10 heteroatoms. The molecule has 0 aromatic carbocycles. The molecular weight excluding hydrogens is 383 g/mol. The van der Waals surface area contributed by atoms with E-state index in [1.807, 2.05) is 6.92 Å². The second kappa shape index (κ2) is 8.53. The standard InChI is InChI=1S/C17H24F3N5O.ClH/c1-10(26-2)6-22-13-8-24-16-14(13)15(12(7-23-16)17(18,19)20)25-5-3-4-11(21)9-25;/h7-8,10-11,22H,3-6,9,21H2,1-2H3,(H,23,24);1H/t10?,11-;/m1./s1. The summed E-state index contributed by atoms with van der Waals surface area (Å²) >= 11 is 0. The maximum Gasteiger partial charge on any atom is 0.419 e. The van der Waals surface area contributed by atoms with Gasteiger partial charge in [-0.2, -0.15) is 13.2 Å². The maximum atomic E-state index is 13.7. The number of alkyl halides is 3. The number of H-pyrrole nitrogens is 1. The number of methoxy groups -OCH3 is 1. The Morgan fingerprint density at radius 2 is 2.22 bits per heavy atom. The lowest BCUT2D eigenvalue weighted by Crippen LogP contribution is -2.43. The lowest BCUT2D eigenvalue weighted by Gasteiger charge is -2.34. The Morgan fingerprint density at radius 3 is 2.85 bits per heavy atom. The van der Waals surface area contributed by atoms with Crippen LogP contribution in [0.4, 0.5) is 24.5 Å². The van der Waals surface area contributed by atoms with Crippen LogP contribution in [0.25, 0.3) is 11.0 Å². The molecule has 1 saturated heterocycles. The van der Waals surface area contributed by atoms with Gasteiger partial charge in [-0.25, -0.2) is 4.98 Å². The molecule has 1 unspecified atom stereocenters. The number of hydrogen-bond donors (Lipinski definition) is 3. The monoisotopic (exact) mass is 407 g/mol. The van der Waals surface area contributed by atoms with E-state index in [9.17, 15) is 13.2 Å². The van der Waals surface area contributed by atoms with Gasteiger partial charge in [0.05, 0.1) is 28.4 Å². The van der Waals surface area contributed by atoms with Crippen molar-refractivity contribution < 1.29 is 17.9 Å². The minimum atomic E-state index is -4.49. The van der Waals surface area contributed by atoms with Crippen LogP contribution in [0, 0.1) is 0 Å². The first-order valence-electron chi connectivity index (χ1n) is 8.65. The zero-order chi connectivity index (χ0) is 18.9. The molecule has 152 valence electrons. The number of nitrogens with two attached hydrogens (primary N) is 1. The Bertz CT molecular complexity index is 767. The summed E-state index contributed by atoms with van der Waals surface area (Å²) in [6.45, 7) is 3.28. The van der Waals surface area contributed by atoms with Crippen LogP contribution in [0.3, 0.4) is 0 Å². The van der Waals surface area contributed by atoms with Crippen LogP contribution < -0.4 is 16.0 Å². The van der Waals surface area contributed by atoms with Gasteiger partial charge in [0.15, 0.2) is 0 Å². The molecule has 0 spiro atoms. The molecule has 0 aliphatic carbocycles. The van der Waals surface area contributed by atoms with E-state index in [0.717, 1.165) is 19.0 Å². The molecule has 2 aromatic heterocycles. The molecule has 0 amide bonds. The molecule has 3 rings (SSSR count). The number of pyridine rings is 1. The highest BCUT2D eigenvalue weighted by atomic mass is 35.5. The van der Waals surface area contributed by atoms with Crippen LogP contribution in [0.1, 0.15) is 25.3 Å². The molecule has 0 radical (unpaired) electrons. The molecule has 4 N–H and O–H groups in total. The Hall–Kier alpha value is -1.71. The maximum absolute atomic E-state index is 13.7. The predicted molar refractivity (Wildman–Crippen MR) is 103 cm³/mol. The smallest absolute Gasteiger partial charge is 0.381 e. The predicted octanol–water partition coefficient (Wildman–Crippen LogP) is 3.38. The Balaban J connectivity index is 0.00000261. The summed E-state index contributed by atoms with van der Waals surface area (Å²) in [7, 11) is 1.59. The minimum absolute atomic E-state index is 0. The van der Waals surface area contributed by atoms with Crippen molar-refractivity contribution in [3.05, 3.63) is 18.0 Å². The van der Waals surface area contributed by atoms with Gasteiger partial charge in [0.25, 0.3) is 0 Å². The SMILES string of the molecule is COC(C)CNc1c[nH]c2ncc(C(F)(F)F)c(N3CCC[C@@H](N)C3)c12.Cl. The van der Waals surface area contributed by atoms with Gasteiger partial charge < -0.3 is 25.7 Å². The minimum Gasteiger partial charge on any atom is -0.381 e. The molecular formula is C17H25ClF3N5O. The van der Waals surface area contributed by atoms with Crippen molar-refractivity contribution >= 4 is 34.8 Å². The van der Waals surface area contributed by atoms with E-state index < -0.39 is 11.7 Å². The van der Waals surface area contributed by atoms with E-state index in [1.54, 1.807) is 18.2 Å². The summed E-state index contributed by atoms with van der Waals surface area (Å²) in [5.74, 6) is 0. The largest absolute Gasteiger partial charge is 0.419 e. The quantitative estimate of drug-likeness (QED) is 0.708. The molecule has 0 bridgehead atoms. The van der Waals surface area contributed by atoms with Crippen LogP contribution >= 0.6 is 12.4 Å². The van der Waals surface area contributed by atoms with Gasteiger partial charge in [-0.05, 0) is 19.8 Å². The second-order valence-corrected chi connectivity index (χ2v) is 6.72. The van der Waals surface area contributed by atoms with E-state index in [1.165, 1.54) is 0 Å². The van der Waals surface area contributed by atoms with Gasteiger partial charge >= 0.3 is 6.18 Å². The topological polar surface area (TPSA) is 79.2 Å². The molecule has 6 nitrogen and oxygen atoms in total. The Kier molecular flexibility index (Phi) is 6.82. The Morgan fingerprint density at radius 1 is 1.48 bits per heavy atom. The van der Waals surface area contributed by atoms with E-state index in [2.05, 4.69) is 15.3 Å². The van der Waals surface area contributed by atoms with Gasteiger partial charge in [0, 0.05) is 45.2 Å². The zero-order valence-electron chi connectivity index (χ0n) is 15.3. The third kappa shape index (κ3) is 4.59. The first kappa shape index (κ1) is 21.6. The van der Waals surface area contributed by atoms with Crippen molar-refractivity contribution in [1.29, 1.82) is 0 Å². The zero-order valence-corrected chi connectivity index (χ0v) is 16.1. The fourth-order valence-electron chi connectivity index (χ4n) is 3.30. The van der Waals surface area contributed by atoms with Gasteiger partial charge in [0.2, 0.25) is 0 Å². The average Bonchev–Trinajstić information content (AvgIpc) is 3.01. The summed E-state index contributed by atoms with van der Waals surface area (Å²) < 4.78 is 46.3. The van der Waals surface area contributed by atoms with Crippen LogP contribution in [0.2, 0.25) is 0 Å². The number of aromatic nitrogens is 2. The van der Waals surface area contributed by atoms with Gasteiger partial charge in [0.1, 0.15) is 5.65 Å². The molecule has 1 fully saturated rings. The lowest BCUT2D eigenvalue weighted by atomic mass is 10.0. The number of fused-ring (bicyclic) bond motifs is 1. The summed E-state index contributed by atoms with van der Waals surface area (Å²) in [6.07, 6.45) is -0.451. The summed E-state index contributed by atoms with van der Waals surface area (Å²) in [5, 5.41) is 3.61. The number of ether oxygens (including phenoxy) is 1. The fraction of sp³-hybridized carbons (Fsp3) is 0.588. The molecule has 27 heavy (non-hydrogen) atoms. The van der Waals surface area contributed by atoms with E-state index >= 15 is 0 Å². The first-order chi connectivity index (χ1) is 12.3. The summed E-state index contributed by atoms with van der Waals surface area (Å²) in [5.41, 5.74) is 6.42. The average molecular weight is 408 g/mol. The van der Waals surface area contributed by atoms with Crippen LogP contribution in [-0.2, 0) is 10.9 Å². The molecule has 2 atom stereocenters. The number of halogens is 4. The van der Waals surface area contributed by atoms with Crippen LogP contribution in [-0.4, -0.2) is 48.9 Å². The van der Waals surface area contributed by atoms with E-state index in [0.29, 0.717) is 36.4 Å². The van der Waals surface area contributed by atoms with Gasteiger partial charge in [-0.1, -0.05) is 0 Å². The molecule has 1 aliphatic heterocycles. The fourth-order valence-corrected chi connectivity index (χ4v) is 3.30.